The van der Waals surface area contributed by atoms with E-state index >= 15 is 0 Å². The predicted molar refractivity (Wildman–Crippen MR) is 91.8 cm³/mol. The number of nitrogens with one attached hydrogen (secondary N) is 1. The van der Waals surface area contributed by atoms with E-state index in [1.165, 1.54) is 5.56 Å². The van der Waals surface area contributed by atoms with E-state index in [1.54, 1.807) is 7.11 Å². The third-order valence-electron chi connectivity index (χ3n) is 3.43. The summed E-state index contributed by atoms with van der Waals surface area (Å²) in [5.41, 5.74) is 8.94. The summed E-state index contributed by atoms with van der Waals surface area (Å²) in [5, 5.41) is 3.41. The molecule has 0 atom stereocenters. The summed E-state index contributed by atoms with van der Waals surface area (Å²) < 4.78 is 10.6. The van der Waals surface area contributed by atoms with Gasteiger partial charge in [-0.1, -0.05) is 6.07 Å². The molecule has 3 N–H and O–H groups in total. The van der Waals surface area contributed by atoms with Gasteiger partial charge in [0.1, 0.15) is 11.5 Å². The highest BCUT2D eigenvalue weighted by atomic mass is 16.5. The second-order valence-corrected chi connectivity index (χ2v) is 5.06. The minimum absolute atomic E-state index is 0.692. The van der Waals surface area contributed by atoms with Crippen molar-refractivity contribution in [3.63, 3.8) is 0 Å². The van der Waals surface area contributed by atoms with Crippen LogP contribution in [0.1, 0.15) is 18.9 Å². The third kappa shape index (κ3) is 4.58. The predicted octanol–water partition coefficient (Wildman–Crippen LogP) is 3.72. The number of nitrogen functional groups attached to an aromatic ring is 1. The zero-order chi connectivity index (χ0) is 15.8. The van der Waals surface area contributed by atoms with Gasteiger partial charge >= 0.3 is 0 Å². The average molecular weight is 300 g/mol. The van der Waals surface area contributed by atoms with Crippen LogP contribution in [0, 0.1) is 0 Å². The molecule has 0 aromatic heterocycles. The molecule has 0 saturated carbocycles. The largest absolute Gasteiger partial charge is 0.495 e. The number of hydrogen-bond donors (Lipinski definition) is 2. The molecule has 0 spiro atoms. The summed E-state index contributed by atoms with van der Waals surface area (Å²) in [7, 11) is 1.63. The summed E-state index contributed by atoms with van der Waals surface area (Å²) in [6, 6.07) is 14.0. The van der Waals surface area contributed by atoms with Crippen LogP contribution in [0.2, 0.25) is 0 Å². The van der Waals surface area contributed by atoms with Gasteiger partial charge in [-0.15, -0.1) is 0 Å². The topological polar surface area (TPSA) is 56.5 Å². The lowest BCUT2D eigenvalue weighted by molar-refractivity contribution is 0.340. The van der Waals surface area contributed by atoms with Crippen LogP contribution >= 0.6 is 0 Å². The van der Waals surface area contributed by atoms with Gasteiger partial charge in [-0.3, -0.25) is 0 Å². The number of rotatable bonds is 8. The smallest absolute Gasteiger partial charge is 0.141 e. The molecule has 2 rings (SSSR count). The number of ether oxygens (including phenoxy) is 2. The van der Waals surface area contributed by atoms with Crippen molar-refractivity contribution >= 4 is 11.4 Å². The van der Waals surface area contributed by atoms with Crippen molar-refractivity contribution in [1.82, 2.24) is 0 Å². The van der Waals surface area contributed by atoms with Crippen molar-refractivity contribution in [1.29, 1.82) is 0 Å². The SMILES string of the molecule is CCOc1ccc(NCCCc2ccc(OC)c(N)c2)cc1. The lowest BCUT2D eigenvalue weighted by atomic mass is 10.1. The summed E-state index contributed by atoms with van der Waals surface area (Å²) in [6.07, 6.45) is 2.03. The van der Waals surface area contributed by atoms with E-state index in [4.69, 9.17) is 15.2 Å². The van der Waals surface area contributed by atoms with E-state index in [-0.39, 0.29) is 0 Å². The first kappa shape index (κ1) is 16.0. The van der Waals surface area contributed by atoms with Crippen molar-refractivity contribution in [3.8, 4) is 11.5 Å². The van der Waals surface area contributed by atoms with Gasteiger partial charge < -0.3 is 20.5 Å². The first-order valence-corrected chi connectivity index (χ1v) is 7.62. The van der Waals surface area contributed by atoms with Crippen LogP contribution in [-0.2, 0) is 6.42 Å². The zero-order valence-corrected chi connectivity index (χ0v) is 13.3. The molecular weight excluding hydrogens is 276 g/mol. The van der Waals surface area contributed by atoms with Gasteiger partial charge in [-0.25, -0.2) is 0 Å². The maximum atomic E-state index is 5.91. The Morgan fingerprint density at radius 2 is 1.86 bits per heavy atom. The maximum Gasteiger partial charge on any atom is 0.141 e. The number of anilines is 2. The summed E-state index contributed by atoms with van der Waals surface area (Å²) in [5.74, 6) is 1.64. The summed E-state index contributed by atoms with van der Waals surface area (Å²) in [4.78, 5) is 0. The fraction of sp³-hybridized carbons (Fsp3) is 0.333. The molecule has 0 amide bonds. The second kappa shape index (κ2) is 8.17. The van der Waals surface area contributed by atoms with Crippen LogP contribution < -0.4 is 20.5 Å². The van der Waals surface area contributed by atoms with Crippen molar-refractivity contribution in [2.45, 2.75) is 19.8 Å². The maximum absolute atomic E-state index is 5.91. The van der Waals surface area contributed by atoms with E-state index < -0.39 is 0 Å². The Kier molecular flexibility index (Phi) is 5.95. The minimum atomic E-state index is 0.692. The van der Waals surface area contributed by atoms with Crippen molar-refractivity contribution in [2.24, 2.45) is 0 Å². The van der Waals surface area contributed by atoms with Gasteiger partial charge in [0, 0.05) is 12.2 Å². The first-order valence-electron chi connectivity index (χ1n) is 7.62. The van der Waals surface area contributed by atoms with Crippen LogP contribution in [0.5, 0.6) is 11.5 Å². The van der Waals surface area contributed by atoms with Crippen molar-refractivity contribution in [3.05, 3.63) is 48.0 Å². The lowest BCUT2D eigenvalue weighted by Gasteiger charge is -2.09. The Morgan fingerprint density at radius 1 is 1.09 bits per heavy atom. The Morgan fingerprint density at radius 3 is 2.50 bits per heavy atom. The van der Waals surface area contributed by atoms with E-state index in [1.807, 2.05) is 43.3 Å². The molecule has 22 heavy (non-hydrogen) atoms. The summed E-state index contributed by atoms with van der Waals surface area (Å²) >= 11 is 0. The lowest BCUT2D eigenvalue weighted by Crippen LogP contribution is -2.03. The normalized spacial score (nSPS) is 10.3. The molecule has 2 aromatic carbocycles. The number of benzene rings is 2. The van der Waals surface area contributed by atoms with E-state index in [0.717, 1.165) is 36.6 Å². The van der Waals surface area contributed by atoms with Crippen LogP contribution in [0.15, 0.2) is 42.5 Å². The van der Waals surface area contributed by atoms with Gasteiger partial charge in [0.2, 0.25) is 0 Å². The first-order chi connectivity index (χ1) is 10.7. The number of hydrogen-bond acceptors (Lipinski definition) is 4. The Labute approximate surface area is 132 Å². The molecule has 0 aliphatic carbocycles. The second-order valence-electron chi connectivity index (χ2n) is 5.06. The van der Waals surface area contributed by atoms with Gasteiger partial charge in [-0.05, 0) is 61.7 Å². The molecule has 0 aliphatic heterocycles. The van der Waals surface area contributed by atoms with Crippen molar-refractivity contribution in [2.75, 3.05) is 31.3 Å². The van der Waals surface area contributed by atoms with Gasteiger partial charge in [0.15, 0.2) is 0 Å². The quantitative estimate of drug-likeness (QED) is 0.576. The summed E-state index contributed by atoms with van der Waals surface area (Å²) in [6.45, 7) is 3.59. The number of nitrogens with two attached hydrogens (primary N) is 1. The highest BCUT2D eigenvalue weighted by molar-refractivity contribution is 5.54. The molecule has 4 heteroatoms. The molecule has 0 bridgehead atoms. The molecule has 0 unspecified atom stereocenters. The Balaban J connectivity index is 1.75. The van der Waals surface area contributed by atoms with E-state index in [0.29, 0.717) is 12.3 Å². The molecule has 0 saturated heterocycles. The van der Waals surface area contributed by atoms with E-state index in [9.17, 15) is 0 Å². The van der Waals surface area contributed by atoms with Crippen molar-refractivity contribution < 1.29 is 9.47 Å². The average Bonchev–Trinajstić information content (AvgIpc) is 2.53. The van der Waals surface area contributed by atoms with Gasteiger partial charge in [0.25, 0.3) is 0 Å². The molecule has 0 radical (unpaired) electrons. The third-order valence-corrected chi connectivity index (χ3v) is 3.43. The number of aryl methyl sites for hydroxylation is 1. The minimum Gasteiger partial charge on any atom is -0.495 e. The fourth-order valence-electron chi connectivity index (χ4n) is 2.30. The Bertz CT molecular complexity index is 582. The van der Waals surface area contributed by atoms with Gasteiger partial charge in [0.05, 0.1) is 19.4 Å². The van der Waals surface area contributed by atoms with Crippen LogP contribution in [0.3, 0.4) is 0 Å². The zero-order valence-electron chi connectivity index (χ0n) is 13.3. The number of methoxy groups -OCH3 is 1. The van der Waals surface area contributed by atoms with Gasteiger partial charge in [-0.2, -0.15) is 0 Å². The molecule has 0 fully saturated rings. The molecule has 0 heterocycles. The van der Waals surface area contributed by atoms with Crippen LogP contribution in [0.4, 0.5) is 11.4 Å². The molecule has 0 aliphatic rings. The highest BCUT2D eigenvalue weighted by Crippen LogP contribution is 2.22. The molecule has 2 aromatic rings. The Hall–Kier alpha value is -2.36. The van der Waals surface area contributed by atoms with Crippen LogP contribution in [0.25, 0.3) is 0 Å². The highest BCUT2D eigenvalue weighted by Gasteiger charge is 2.01. The molecule has 118 valence electrons. The molecular formula is C18H24N2O2. The van der Waals surface area contributed by atoms with Crippen LogP contribution in [-0.4, -0.2) is 20.3 Å². The molecule has 4 nitrogen and oxygen atoms in total. The van der Waals surface area contributed by atoms with E-state index in [2.05, 4.69) is 11.4 Å². The standard InChI is InChI=1S/C18H24N2O2/c1-3-22-16-9-7-15(8-10-16)20-12-4-5-14-6-11-18(21-2)17(19)13-14/h6-11,13,20H,3-5,12,19H2,1-2H3. The monoisotopic (exact) mass is 300 g/mol. The fourth-order valence-corrected chi connectivity index (χ4v) is 2.30.